The first-order valence-corrected chi connectivity index (χ1v) is 6.85. The molecule has 0 bridgehead atoms. The molecule has 1 atom stereocenters. The molecule has 0 aliphatic carbocycles. The van der Waals surface area contributed by atoms with Crippen LogP contribution in [0.25, 0.3) is 0 Å². The SMILES string of the molecule is Cc1ccc(C)c(CCC(Cl)c2ccccc2)c1. The lowest BCUT2D eigenvalue weighted by atomic mass is 9.98. The molecule has 0 nitrogen and oxygen atoms in total. The number of hydrogen-bond donors (Lipinski definition) is 0. The molecule has 0 spiro atoms. The molecule has 2 rings (SSSR count). The minimum absolute atomic E-state index is 0.103. The highest BCUT2D eigenvalue weighted by Gasteiger charge is 2.08. The predicted molar refractivity (Wildman–Crippen MR) is 79.3 cm³/mol. The Bertz CT molecular complexity index is 502. The normalized spacial score (nSPS) is 12.4. The van der Waals surface area contributed by atoms with E-state index in [9.17, 15) is 0 Å². The molecule has 0 aromatic heterocycles. The lowest BCUT2D eigenvalue weighted by Crippen LogP contribution is -1.96. The van der Waals surface area contributed by atoms with Crippen LogP contribution in [0.5, 0.6) is 0 Å². The summed E-state index contributed by atoms with van der Waals surface area (Å²) in [4.78, 5) is 0. The number of aryl methyl sites for hydroxylation is 3. The van der Waals surface area contributed by atoms with Gasteiger partial charge < -0.3 is 0 Å². The second kappa shape index (κ2) is 6.06. The molecule has 94 valence electrons. The topological polar surface area (TPSA) is 0 Å². The summed E-state index contributed by atoms with van der Waals surface area (Å²) in [6.45, 7) is 4.30. The fraction of sp³-hybridized carbons (Fsp3) is 0.294. The van der Waals surface area contributed by atoms with E-state index in [-0.39, 0.29) is 5.38 Å². The van der Waals surface area contributed by atoms with Crippen molar-refractivity contribution >= 4 is 11.6 Å². The summed E-state index contributed by atoms with van der Waals surface area (Å²) in [7, 11) is 0. The highest BCUT2D eigenvalue weighted by molar-refractivity contribution is 6.20. The van der Waals surface area contributed by atoms with Crippen molar-refractivity contribution in [1.29, 1.82) is 0 Å². The smallest absolute Gasteiger partial charge is 0.0588 e. The van der Waals surface area contributed by atoms with E-state index in [4.69, 9.17) is 11.6 Å². The maximum absolute atomic E-state index is 6.45. The molecule has 0 aliphatic heterocycles. The Balaban J connectivity index is 2.01. The van der Waals surface area contributed by atoms with Gasteiger partial charge in [-0.05, 0) is 43.4 Å². The van der Waals surface area contributed by atoms with E-state index in [0.29, 0.717) is 0 Å². The summed E-state index contributed by atoms with van der Waals surface area (Å²) in [6.07, 6.45) is 2.02. The Kier molecular flexibility index (Phi) is 4.43. The molecule has 1 heteroatoms. The van der Waals surface area contributed by atoms with Gasteiger partial charge in [0.2, 0.25) is 0 Å². The van der Waals surface area contributed by atoms with Crippen molar-refractivity contribution in [1.82, 2.24) is 0 Å². The third kappa shape index (κ3) is 3.36. The number of benzene rings is 2. The van der Waals surface area contributed by atoms with E-state index in [2.05, 4.69) is 44.2 Å². The number of alkyl halides is 1. The summed E-state index contributed by atoms with van der Waals surface area (Å²) < 4.78 is 0. The molecule has 0 radical (unpaired) electrons. The van der Waals surface area contributed by atoms with Crippen LogP contribution >= 0.6 is 11.6 Å². The lowest BCUT2D eigenvalue weighted by molar-refractivity contribution is 0.789. The molecule has 0 N–H and O–H groups in total. The molecule has 1 unspecified atom stereocenters. The van der Waals surface area contributed by atoms with Gasteiger partial charge in [0.15, 0.2) is 0 Å². The Labute approximate surface area is 115 Å². The molecule has 0 fully saturated rings. The standard InChI is InChI=1S/C17H19Cl/c1-13-8-9-14(2)16(12-13)10-11-17(18)15-6-4-3-5-7-15/h3-9,12,17H,10-11H2,1-2H3. The Morgan fingerprint density at radius 2 is 1.72 bits per heavy atom. The van der Waals surface area contributed by atoms with E-state index in [0.717, 1.165) is 12.8 Å². The van der Waals surface area contributed by atoms with Crippen molar-refractivity contribution in [3.05, 3.63) is 70.8 Å². The maximum Gasteiger partial charge on any atom is 0.0588 e. The molecule has 0 saturated heterocycles. The van der Waals surface area contributed by atoms with Gasteiger partial charge in [0.1, 0.15) is 0 Å². The van der Waals surface area contributed by atoms with E-state index in [1.54, 1.807) is 0 Å². The van der Waals surface area contributed by atoms with Gasteiger partial charge in [0.25, 0.3) is 0 Å². The van der Waals surface area contributed by atoms with E-state index >= 15 is 0 Å². The molecular formula is C17H19Cl. The zero-order valence-corrected chi connectivity index (χ0v) is 11.7. The summed E-state index contributed by atoms with van der Waals surface area (Å²) in [5, 5.41) is 0.103. The number of hydrogen-bond acceptors (Lipinski definition) is 0. The molecule has 0 aliphatic rings. The Hall–Kier alpha value is -1.27. The van der Waals surface area contributed by atoms with Gasteiger partial charge in [-0.1, -0.05) is 54.1 Å². The van der Waals surface area contributed by atoms with Gasteiger partial charge >= 0.3 is 0 Å². The first-order valence-electron chi connectivity index (χ1n) is 6.42. The molecule has 2 aromatic carbocycles. The lowest BCUT2D eigenvalue weighted by Gasteiger charge is -2.11. The molecule has 0 heterocycles. The second-order valence-corrected chi connectivity index (χ2v) is 5.37. The van der Waals surface area contributed by atoms with Gasteiger partial charge in [-0.15, -0.1) is 11.6 Å². The third-order valence-corrected chi connectivity index (χ3v) is 3.80. The Morgan fingerprint density at radius 1 is 1.00 bits per heavy atom. The van der Waals surface area contributed by atoms with Crippen molar-refractivity contribution in [2.45, 2.75) is 32.1 Å². The Morgan fingerprint density at radius 3 is 2.44 bits per heavy atom. The van der Waals surface area contributed by atoms with Crippen LogP contribution in [-0.4, -0.2) is 0 Å². The average molecular weight is 259 g/mol. The summed E-state index contributed by atoms with van der Waals surface area (Å²) in [5.41, 5.74) is 5.31. The van der Waals surface area contributed by atoms with Crippen LogP contribution in [0.1, 0.15) is 34.1 Å². The fourth-order valence-corrected chi connectivity index (χ4v) is 2.43. The van der Waals surface area contributed by atoms with Crippen LogP contribution < -0.4 is 0 Å². The fourth-order valence-electron chi connectivity index (χ4n) is 2.18. The molecule has 2 aromatic rings. The van der Waals surface area contributed by atoms with Crippen LogP contribution in [-0.2, 0) is 6.42 Å². The molecule has 0 amide bonds. The van der Waals surface area contributed by atoms with Crippen molar-refractivity contribution in [3.8, 4) is 0 Å². The van der Waals surface area contributed by atoms with Crippen molar-refractivity contribution in [2.75, 3.05) is 0 Å². The van der Waals surface area contributed by atoms with E-state index < -0.39 is 0 Å². The number of halogens is 1. The van der Waals surface area contributed by atoms with Gasteiger partial charge in [0, 0.05) is 0 Å². The van der Waals surface area contributed by atoms with E-state index in [1.807, 2.05) is 18.2 Å². The van der Waals surface area contributed by atoms with Crippen molar-refractivity contribution in [3.63, 3.8) is 0 Å². The summed E-state index contributed by atoms with van der Waals surface area (Å²) in [6, 6.07) is 16.9. The minimum atomic E-state index is 0.103. The summed E-state index contributed by atoms with van der Waals surface area (Å²) >= 11 is 6.45. The van der Waals surface area contributed by atoms with Gasteiger partial charge in [0.05, 0.1) is 5.38 Å². The first-order chi connectivity index (χ1) is 8.66. The third-order valence-electron chi connectivity index (χ3n) is 3.33. The van der Waals surface area contributed by atoms with Crippen molar-refractivity contribution in [2.24, 2.45) is 0 Å². The highest BCUT2D eigenvalue weighted by Crippen LogP contribution is 2.26. The minimum Gasteiger partial charge on any atom is -0.118 e. The monoisotopic (exact) mass is 258 g/mol. The average Bonchev–Trinajstić information content (AvgIpc) is 2.40. The quantitative estimate of drug-likeness (QED) is 0.660. The molecule has 18 heavy (non-hydrogen) atoms. The molecular weight excluding hydrogens is 240 g/mol. The van der Waals surface area contributed by atoms with Crippen LogP contribution in [0.15, 0.2) is 48.5 Å². The van der Waals surface area contributed by atoms with Crippen LogP contribution in [0.4, 0.5) is 0 Å². The zero-order valence-electron chi connectivity index (χ0n) is 11.0. The van der Waals surface area contributed by atoms with Crippen LogP contribution in [0.2, 0.25) is 0 Å². The summed E-state index contributed by atoms with van der Waals surface area (Å²) in [5.74, 6) is 0. The van der Waals surface area contributed by atoms with Gasteiger partial charge in [-0.25, -0.2) is 0 Å². The van der Waals surface area contributed by atoms with Crippen molar-refractivity contribution < 1.29 is 0 Å². The zero-order chi connectivity index (χ0) is 13.0. The molecule has 0 saturated carbocycles. The second-order valence-electron chi connectivity index (χ2n) is 4.85. The maximum atomic E-state index is 6.45. The highest BCUT2D eigenvalue weighted by atomic mass is 35.5. The van der Waals surface area contributed by atoms with Gasteiger partial charge in [-0.3, -0.25) is 0 Å². The van der Waals surface area contributed by atoms with Gasteiger partial charge in [-0.2, -0.15) is 0 Å². The largest absolute Gasteiger partial charge is 0.118 e. The van der Waals surface area contributed by atoms with Crippen LogP contribution in [0.3, 0.4) is 0 Å². The number of rotatable bonds is 4. The van der Waals surface area contributed by atoms with Crippen LogP contribution in [0, 0.1) is 13.8 Å². The van der Waals surface area contributed by atoms with E-state index in [1.165, 1.54) is 22.3 Å². The first kappa shape index (κ1) is 13.2. The predicted octanol–water partition coefficient (Wildman–Crippen LogP) is 5.22.